The third-order valence-electron chi connectivity index (χ3n) is 2.98. The molecule has 0 aromatic heterocycles. The van der Waals surface area contributed by atoms with Crippen molar-refractivity contribution in [2.75, 3.05) is 18.0 Å². The van der Waals surface area contributed by atoms with Crippen LogP contribution in [0, 0.1) is 5.82 Å². The Bertz CT molecular complexity index is 350. The van der Waals surface area contributed by atoms with Crippen LogP contribution in [-0.2, 0) is 0 Å². The maximum atomic E-state index is 13.3. The number of nitrogens with zero attached hydrogens (tertiary/aromatic N) is 1. The summed E-state index contributed by atoms with van der Waals surface area (Å²) in [6.45, 7) is 8.10. The second kappa shape index (κ2) is 6.60. The Morgan fingerprint density at radius 3 is 2.59 bits per heavy atom. The van der Waals surface area contributed by atoms with E-state index >= 15 is 0 Å². The fraction of sp³-hybridized carbons (Fsp3) is 0.571. The number of hydrogen-bond acceptors (Lipinski definition) is 2. The van der Waals surface area contributed by atoms with Gasteiger partial charge in [0.15, 0.2) is 0 Å². The lowest BCUT2D eigenvalue weighted by Gasteiger charge is -2.27. The maximum absolute atomic E-state index is 13.3. The molecule has 0 saturated heterocycles. The summed E-state index contributed by atoms with van der Waals surface area (Å²) in [6, 6.07) is 4.76. The molecule has 0 heterocycles. The first-order valence-corrected chi connectivity index (χ1v) is 6.40. The van der Waals surface area contributed by atoms with E-state index in [1.54, 1.807) is 6.07 Å². The largest absolute Gasteiger partial charge is 0.372 e. The average Bonchev–Trinajstić information content (AvgIpc) is 2.31. The summed E-state index contributed by atoms with van der Waals surface area (Å²) in [6.07, 6.45) is 2.30. The van der Waals surface area contributed by atoms with Crippen molar-refractivity contribution in [2.24, 2.45) is 5.73 Å². The lowest BCUT2D eigenvalue weighted by Crippen LogP contribution is -2.26. The minimum Gasteiger partial charge on any atom is -0.372 e. The number of halogens is 1. The molecule has 0 aliphatic carbocycles. The summed E-state index contributed by atoms with van der Waals surface area (Å²) in [5.74, 6) is -0.215. The zero-order chi connectivity index (χ0) is 12.8. The molecular weight excluding hydrogens is 215 g/mol. The van der Waals surface area contributed by atoms with Crippen molar-refractivity contribution in [1.29, 1.82) is 0 Å². The Balaban J connectivity index is 3.00. The normalized spacial score (nSPS) is 12.5. The lowest BCUT2D eigenvalue weighted by molar-refractivity contribution is 0.620. The minimum absolute atomic E-state index is 0.142. The average molecular weight is 238 g/mol. The molecule has 0 amide bonds. The van der Waals surface area contributed by atoms with E-state index in [4.69, 9.17) is 5.73 Å². The van der Waals surface area contributed by atoms with E-state index in [1.165, 1.54) is 6.07 Å². The van der Waals surface area contributed by atoms with Crippen molar-refractivity contribution in [1.82, 2.24) is 0 Å². The van der Waals surface area contributed by atoms with Crippen LogP contribution in [0.1, 0.15) is 45.2 Å². The first-order chi connectivity index (χ1) is 8.10. The van der Waals surface area contributed by atoms with Crippen LogP contribution in [0.25, 0.3) is 0 Å². The van der Waals surface area contributed by atoms with Crippen LogP contribution in [0.4, 0.5) is 10.1 Å². The van der Waals surface area contributed by atoms with Gasteiger partial charge in [0.25, 0.3) is 0 Å². The van der Waals surface area contributed by atoms with E-state index in [2.05, 4.69) is 18.7 Å². The van der Waals surface area contributed by atoms with Gasteiger partial charge in [-0.1, -0.05) is 13.3 Å². The molecule has 0 fully saturated rings. The molecule has 0 aliphatic heterocycles. The molecule has 0 radical (unpaired) electrons. The number of unbranched alkanes of at least 4 members (excludes halogenated alkanes) is 1. The summed E-state index contributed by atoms with van der Waals surface area (Å²) in [4.78, 5) is 2.27. The Morgan fingerprint density at radius 2 is 2.06 bits per heavy atom. The third-order valence-corrected chi connectivity index (χ3v) is 2.98. The van der Waals surface area contributed by atoms with E-state index in [0.29, 0.717) is 0 Å². The number of benzene rings is 1. The highest BCUT2D eigenvalue weighted by atomic mass is 19.1. The van der Waals surface area contributed by atoms with Crippen LogP contribution < -0.4 is 10.6 Å². The molecule has 1 aromatic carbocycles. The topological polar surface area (TPSA) is 29.3 Å². The monoisotopic (exact) mass is 238 g/mol. The summed E-state index contributed by atoms with van der Waals surface area (Å²) in [5, 5.41) is 0. The highest BCUT2D eigenvalue weighted by molar-refractivity contribution is 5.55. The predicted molar refractivity (Wildman–Crippen MR) is 71.8 cm³/mol. The van der Waals surface area contributed by atoms with E-state index < -0.39 is 0 Å². The van der Waals surface area contributed by atoms with Crippen molar-refractivity contribution >= 4 is 5.69 Å². The van der Waals surface area contributed by atoms with Crippen LogP contribution >= 0.6 is 0 Å². The number of nitrogens with two attached hydrogens (primary N) is 1. The van der Waals surface area contributed by atoms with E-state index in [0.717, 1.165) is 37.2 Å². The van der Waals surface area contributed by atoms with Gasteiger partial charge in [0.2, 0.25) is 0 Å². The summed E-state index contributed by atoms with van der Waals surface area (Å²) >= 11 is 0. The Kier molecular flexibility index (Phi) is 5.42. The van der Waals surface area contributed by atoms with Crippen molar-refractivity contribution in [3.63, 3.8) is 0 Å². The molecule has 3 heteroatoms. The third kappa shape index (κ3) is 3.70. The number of hydrogen-bond donors (Lipinski definition) is 1. The molecule has 0 spiro atoms. The first-order valence-electron chi connectivity index (χ1n) is 6.40. The van der Waals surface area contributed by atoms with Gasteiger partial charge in [0, 0.05) is 24.8 Å². The molecule has 1 aromatic rings. The van der Waals surface area contributed by atoms with Crippen LogP contribution in [0.3, 0.4) is 0 Å². The van der Waals surface area contributed by atoms with Gasteiger partial charge < -0.3 is 10.6 Å². The molecule has 2 N–H and O–H groups in total. The first kappa shape index (κ1) is 14.0. The Morgan fingerprint density at radius 1 is 1.35 bits per heavy atom. The smallest absolute Gasteiger partial charge is 0.123 e. The molecule has 0 unspecified atom stereocenters. The molecule has 96 valence electrons. The fourth-order valence-corrected chi connectivity index (χ4v) is 1.98. The van der Waals surface area contributed by atoms with Gasteiger partial charge in [0.1, 0.15) is 5.82 Å². The van der Waals surface area contributed by atoms with E-state index in [-0.39, 0.29) is 11.9 Å². The zero-order valence-corrected chi connectivity index (χ0v) is 11.0. The fourth-order valence-electron chi connectivity index (χ4n) is 1.98. The predicted octanol–water partition coefficient (Wildman–Crippen LogP) is 3.47. The number of anilines is 1. The van der Waals surface area contributed by atoms with Gasteiger partial charge in [-0.05, 0) is 44.0 Å². The van der Waals surface area contributed by atoms with Crippen LogP contribution in [0.5, 0.6) is 0 Å². The van der Waals surface area contributed by atoms with Crippen molar-refractivity contribution in [2.45, 2.75) is 39.7 Å². The molecular formula is C14H23FN2. The van der Waals surface area contributed by atoms with Gasteiger partial charge in [-0.2, -0.15) is 0 Å². The summed E-state index contributed by atoms with van der Waals surface area (Å²) in [7, 11) is 0. The van der Waals surface area contributed by atoms with Gasteiger partial charge in [-0.15, -0.1) is 0 Å². The molecule has 1 atom stereocenters. The van der Waals surface area contributed by atoms with Crippen LogP contribution in [0.2, 0.25) is 0 Å². The van der Waals surface area contributed by atoms with Gasteiger partial charge in [0.05, 0.1) is 0 Å². The lowest BCUT2D eigenvalue weighted by atomic mass is 10.1. The molecule has 1 rings (SSSR count). The number of rotatable bonds is 6. The highest BCUT2D eigenvalue weighted by Crippen LogP contribution is 2.26. The van der Waals surface area contributed by atoms with Crippen LogP contribution in [0.15, 0.2) is 18.2 Å². The van der Waals surface area contributed by atoms with E-state index in [1.807, 2.05) is 13.0 Å². The minimum atomic E-state index is -0.215. The van der Waals surface area contributed by atoms with Crippen molar-refractivity contribution < 1.29 is 4.39 Å². The second-order valence-corrected chi connectivity index (χ2v) is 4.43. The summed E-state index contributed by atoms with van der Waals surface area (Å²) < 4.78 is 13.3. The zero-order valence-electron chi connectivity index (χ0n) is 11.0. The quantitative estimate of drug-likeness (QED) is 0.822. The van der Waals surface area contributed by atoms with Crippen molar-refractivity contribution in [3.8, 4) is 0 Å². The van der Waals surface area contributed by atoms with Crippen molar-refractivity contribution in [3.05, 3.63) is 29.6 Å². The second-order valence-electron chi connectivity index (χ2n) is 4.43. The van der Waals surface area contributed by atoms with Gasteiger partial charge in [-0.25, -0.2) is 4.39 Å². The SMILES string of the molecule is CCCCN(CC)c1ccc(F)cc1[C@@H](C)N. The Labute approximate surface area is 104 Å². The molecule has 0 aliphatic rings. The highest BCUT2D eigenvalue weighted by Gasteiger charge is 2.13. The van der Waals surface area contributed by atoms with Gasteiger partial charge in [-0.3, -0.25) is 0 Å². The summed E-state index contributed by atoms with van der Waals surface area (Å²) in [5.41, 5.74) is 7.87. The van der Waals surface area contributed by atoms with E-state index in [9.17, 15) is 4.39 Å². The maximum Gasteiger partial charge on any atom is 0.123 e. The molecule has 17 heavy (non-hydrogen) atoms. The Hall–Kier alpha value is -1.09. The van der Waals surface area contributed by atoms with Crippen LogP contribution in [-0.4, -0.2) is 13.1 Å². The molecule has 2 nitrogen and oxygen atoms in total. The molecule has 0 saturated carbocycles. The standard InChI is InChI=1S/C14H23FN2/c1-4-6-9-17(5-2)14-8-7-12(15)10-13(14)11(3)16/h7-8,10-11H,4-6,9,16H2,1-3H3/t11-/m1/s1. The molecule has 0 bridgehead atoms. The van der Waals surface area contributed by atoms with Gasteiger partial charge >= 0.3 is 0 Å².